The molecule has 0 unspecified atom stereocenters. The van der Waals surface area contributed by atoms with Crippen molar-refractivity contribution in [3.05, 3.63) is 94.3 Å². The molecule has 0 aliphatic heterocycles. The van der Waals surface area contributed by atoms with Crippen LogP contribution in [0.15, 0.2) is 82.0 Å². The van der Waals surface area contributed by atoms with Gasteiger partial charge in [-0.3, -0.25) is 4.79 Å². The number of benzene rings is 3. The van der Waals surface area contributed by atoms with E-state index in [2.05, 4.69) is 5.32 Å². The van der Waals surface area contributed by atoms with Crippen LogP contribution < -0.4 is 10.9 Å². The summed E-state index contributed by atoms with van der Waals surface area (Å²) < 4.78 is 5.45. The zero-order valence-corrected chi connectivity index (χ0v) is 14.8. The first-order valence-electron chi connectivity index (χ1n) is 8.96. The molecule has 1 aromatic heterocycles. The van der Waals surface area contributed by atoms with Crippen molar-refractivity contribution in [2.45, 2.75) is 12.8 Å². The van der Waals surface area contributed by atoms with Gasteiger partial charge in [0.05, 0.1) is 6.42 Å². The predicted molar refractivity (Wildman–Crippen MR) is 107 cm³/mol. The van der Waals surface area contributed by atoms with Gasteiger partial charge in [-0.05, 0) is 22.9 Å². The molecule has 1 N–H and O–H groups in total. The zero-order valence-electron chi connectivity index (χ0n) is 14.8. The third-order valence-corrected chi connectivity index (χ3v) is 4.65. The molecular formula is C23H19NO3. The fraction of sp³-hybridized carbons (Fsp3) is 0.130. The Morgan fingerprint density at radius 1 is 0.889 bits per heavy atom. The van der Waals surface area contributed by atoms with E-state index in [1.165, 1.54) is 11.6 Å². The van der Waals surface area contributed by atoms with Crippen LogP contribution in [-0.4, -0.2) is 12.5 Å². The van der Waals surface area contributed by atoms with Gasteiger partial charge in [-0.15, -0.1) is 0 Å². The largest absolute Gasteiger partial charge is 0.422 e. The van der Waals surface area contributed by atoms with Crippen molar-refractivity contribution in [1.29, 1.82) is 0 Å². The summed E-state index contributed by atoms with van der Waals surface area (Å²) in [6.07, 6.45) is 0.921. The van der Waals surface area contributed by atoms with E-state index in [4.69, 9.17) is 4.42 Å². The van der Waals surface area contributed by atoms with Crippen LogP contribution in [0.2, 0.25) is 0 Å². The van der Waals surface area contributed by atoms with Gasteiger partial charge in [0.25, 0.3) is 0 Å². The van der Waals surface area contributed by atoms with Gasteiger partial charge in [0.2, 0.25) is 5.91 Å². The lowest BCUT2D eigenvalue weighted by Crippen LogP contribution is -2.27. The second kappa shape index (κ2) is 7.46. The van der Waals surface area contributed by atoms with Crippen molar-refractivity contribution >= 4 is 27.6 Å². The molecule has 0 bridgehead atoms. The topological polar surface area (TPSA) is 59.3 Å². The third-order valence-electron chi connectivity index (χ3n) is 4.65. The molecule has 4 nitrogen and oxygen atoms in total. The quantitative estimate of drug-likeness (QED) is 0.436. The fourth-order valence-corrected chi connectivity index (χ4v) is 3.33. The zero-order chi connectivity index (χ0) is 18.6. The van der Waals surface area contributed by atoms with Gasteiger partial charge >= 0.3 is 5.63 Å². The average molecular weight is 357 g/mol. The first-order valence-corrected chi connectivity index (χ1v) is 8.96. The maximum atomic E-state index is 12.4. The molecule has 0 aliphatic rings. The van der Waals surface area contributed by atoms with Gasteiger partial charge in [0.1, 0.15) is 5.58 Å². The molecule has 4 rings (SSSR count). The molecule has 4 aromatic rings. The van der Waals surface area contributed by atoms with Crippen LogP contribution in [0.3, 0.4) is 0 Å². The first-order chi connectivity index (χ1) is 13.2. The standard InChI is InChI=1S/C23H19NO3/c25-21(24-13-12-16-6-2-1-3-7-16)14-18-15-22(26)27-23-19-9-5-4-8-17(19)10-11-20(18)23/h1-11,15H,12-14H2,(H,24,25). The Bertz CT molecular complexity index is 1160. The summed E-state index contributed by atoms with van der Waals surface area (Å²) in [5.74, 6) is -0.106. The number of fused-ring (bicyclic) bond motifs is 3. The van der Waals surface area contributed by atoms with E-state index >= 15 is 0 Å². The number of amides is 1. The predicted octanol–water partition coefficient (Wildman–Crippen LogP) is 3.85. The normalized spacial score (nSPS) is 11.0. The minimum Gasteiger partial charge on any atom is -0.422 e. The van der Waals surface area contributed by atoms with Crippen LogP contribution >= 0.6 is 0 Å². The van der Waals surface area contributed by atoms with Crippen LogP contribution in [0.1, 0.15) is 11.1 Å². The van der Waals surface area contributed by atoms with E-state index in [1.807, 2.05) is 66.7 Å². The van der Waals surface area contributed by atoms with E-state index in [-0.39, 0.29) is 12.3 Å². The summed E-state index contributed by atoms with van der Waals surface area (Å²) in [5.41, 5.74) is 1.96. The van der Waals surface area contributed by atoms with Crippen LogP contribution in [0.25, 0.3) is 21.7 Å². The molecule has 1 amide bonds. The fourth-order valence-electron chi connectivity index (χ4n) is 3.33. The molecule has 1 heterocycles. The second-order valence-corrected chi connectivity index (χ2v) is 6.52. The van der Waals surface area contributed by atoms with Crippen molar-refractivity contribution in [1.82, 2.24) is 5.32 Å². The Morgan fingerprint density at radius 3 is 2.52 bits per heavy atom. The van der Waals surface area contributed by atoms with Gasteiger partial charge in [-0.1, -0.05) is 66.7 Å². The number of carbonyl (C=O) groups excluding carboxylic acids is 1. The molecule has 134 valence electrons. The molecule has 0 fully saturated rings. The molecule has 27 heavy (non-hydrogen) atoms. The maximum absolute atomic E-state index is 12.4. The van der Waals surface area contributed by atoms with E-state index in [0.29, 0.717) is 17.7 Å². The van der Waals surface area contributed by atoms with Crippen molar-refractivity contribution in [2.75, 3.05) is 6.54 Å². The molecule has 0 atom stereocenters. The summed E-state index contributed by atoms with van der Waals surface area (Å²) in [5, 5.41) is 5.60. The van der Waals surface area contributed by atoms with Gasteiger partial charge in [-0.25, -0.2) is 4.79 Å². The van der Waals surface area contributed by atoms with Gasteiger partial charge in [0.15, 0.2) is 0 Å². The monoisotopic (exact) mass is 357 g/mol. The number of hydrogen-bond acceptors (Lipinski definition) is 3. The summed E-state index contributed by atoms with van der Waals surface area (Å²) in [7, 11) is 0. The van der Waals surface area contributed by atoms with E-state index in [9.17, 15) is 9.59 Å². The highest BCUT2D eigenvalue weighted by Gasteiger charge is 2.12. The van der Waals surface area contributed by atoms with E-state index in [1.54, 1.807) is 0 Å². The van der Waals surface area contributed by atoms with Crippen molar-refractivity contribution in [3.63, 3.8) is 0 Å². The lowest BCUT2D eigenvalue weighted by molar-refractivity contribution is -0.120. The molecule has 0 saturated heterocycles. The van der Waals surface area contributed by atoms with Gasteiger partial charge < -0.3 is 9.73 Å². The maximum Gasteiger partial charge on any atom is 0.336 e. The van der Waals surface area contributed by atoms with Gasteiger partial charge in [0, 0.05) is 23.4 Å². The minimum absolute atomic E-state index is 0.106. The average Bonchev–Trinajstić information content (AvgIpc) is 2.68. The van der Waals surface area contributed by atoms with Crippen LogP contribution in [0.4, 0.5) is 0 Å². The molecule has 0 radical (unpaired) electrons. The van der Waals surface area contributed by atoms with Crippen LogP contribution in [0.5, 0.6) is 0 Å². The Morgan fingerprint density at radius 2 is 1.67 bits per heavy atom. The van der Waals surface area contributed by atoms with Crippen molar-refractivity contribution in [3.8, 4) is 0 Å². The van der Waals surface area contributed by atoms with E-state index in [0.717, 1.165) is 22.6 Å². The molecule has 4 heteroatoms. The molecule has 0 aliphatic carbocycles. The Balaban J connectivity index is 1.55. The molecular weight excluding hydrogens is 338 g/mol. The highest BCUT2D eigenvalue weighted by atomic mass is 16.4. The summed E-state index contributed by atoms with van der Waals surface area (Å²) >= 11 is 0. The molecule has 0 spiro atoms. The molecule has 3 aromatic carbocycles. The highest BCUT2D eigenvalue weighted by Crippen LogP contribution is 2.26. The Kier molecular flexibility index (Phi) is 4.71. The van der Waals surface area contributed by atoms with E-state index < -0.39 is 5.63 Å². The first kappa shape index (κ1) is 17.0. The van der Waals surface area contributed by atoms with Crippen molar-refractivity contribution in [2.24, 2.45) is 0 Å². The number of nitrogens with one attached hydrogen (secondary N) is 1. The summed E-state index contributed by atoms with van der Waals surface area (Å²) in [6.45, 7) is 0.561. The second-order valence-electron chi connectivity index (χ2n) is 6.52. The lowest BCUT2D eigenvalue weighted by Gasteiger charge is -2.09. The highest BCUT2D eigenvalue weighted by molar-refractivity contribution is 6.05. The Labute approximate surface area is 156 Å². The number of carbonyl (C=O) groups is 1. The van der Waals surface area contributed by atoms with Crippen LogP contribution in [-0.2, 0) is 17.6 Å². The van der Waals surface area contributed by atoms with Crippen LogP contribution in [0, 0.1) is 0 Å². The number of rotatable bonds is 5. The Hall–Kier alpha value is -3.40. The molecule has 0 saturated carbocycles. The minimum atomic E-state index is -0.439. The summed E-state index contributed by atoms with van der Waals surface area (Å²) in [6, 6.07) is 23.0. The van der Waals surface area contributed by atoms with Gasteiger partial charge in [-0.2, -0.15) is 0 Å². The SMILES string of the molecule is O=C(Cc1cc(=O)oc2c1ccc1ccccc12)NCCc1ccccc1. The third kappa shape index (κ3) is 3.75. The smallest absolute Gasteiger partial charge is 0.336 e. The lowest BCUT2D eigenvalue weighted by atomic mass is 10.0. The van der Waals surface area contributed by atoms with Crippen molar-refractivity contribution < 1.29 is 9.21 Å². The summed E-state index contributed by atoms with van der Waals surface area (Å²) in [4.78, 5) is 24.4. The number of hydrogen-bond donors (Lipinski definition) is 1.